The molecular formula is C30H50Cl4N6. The normalized spacial score (nSPS) is 21.6. The van der Waals surface area contributed by atoms with E-state index >= 15 is 0 Å². The van der Waals surface area contributed by atoms with Gasteiger partial charge in [-0.25, -0.2) is 0 Å². The number of unbranched alkanes of at least 4 members (excludes halogenated alkanes) is 1. The maximum absolute atomic E-state index is 5.53. The monoisotopic (exact) mass is 634 g/mol. The first kappa shape index (κ1) is 38.8. The molecule has 0 unspecified atom stereocenters. The number of nitrogens with zero attached hydrogens (tertiary/aromatic N) is 2. The van der Waals surface area contributed by atoms with Crippen LogP contribution in [0.25, 0.3) is 0 Å². The molecule has 0 saturated carbocycles. The Hall–Kier alpha value is -1.25. The highest BCUT2D eigenvalue weighted by Crippen LogP contribution is 2.55. The topological polar surface area (TPSA) is 77.7 Å². The van der Waals surface area contributed by atoms with Crippen LogP contribution in [-0.2, 0) is 0 Å². The lowest BCUT2D eigenvalue weighted by Crippen LogP contribution is -2.48. The third-order valence-electron chi connectivity index (χ3n) is 7.91. The van der Waals surface area contributed by atoms with E-state index < -0.39 is 0 Å². The van der Waals surface area contributed by atoms with Crippen LogP contribution in [0.5, 0.6) is 0 Å². The molecule has 2 aliphatic heterocycles. The fourth-order valence-corrected chi connectivity index (χ4v) is 6.14. The van der Waals surface area contributed by atoms with Gasteiger partial charge >= 0.3 is 0 Å². The fourth-order valence-electron chi connectivity index (χ4n) is 6.14. The van der Waals surface area contributed by atoms with Crippen LogP contribution in [0, 0.1) is 5.41 Å². The number of fused-ring (bicyclic) bond motifs is 4. The Balaban J connectivity index is 0.00000380. The first-order valence-electron chi connectivity index (χ1n) is 13.9. The van der Waals surface area contributed by atoms with Crippen LogP contribution in [0.15, 0.2) is 53.5 Å². The number of para-hydroxylation sites is 2. The number of rotatable bonds is 12. The molecule has 0 aromatic heterocycles. The molecule has 2 heterocycles. The van der Waals surface area contributed by atoms with Crippen molar-refractivity contribution in [1.29, 1.82) is 0 Å². The number of amidine groups is 1. The highest BCUT2D eigenvalue weighted by atomic mass is 35.5. The second-order valence-corrected chi connectivity index (χ2v) is 10.7. The van der Waals surface area contributed by atoms with Crippen molar-refractivity contribution in [2.75, 3.05) is 56.5 Å². The zero-order chi connectivity index (χ0) is 25.4. The summed E-state index contributed by atoms with van der Waals surface area (Å²) >= 11 is 0. The molecule has 2 aromatic carbocycles. The summed E-state index contributed by atoms with van der Waals surface area (Å²) in [5, 5.41) is 10.8. The maximum atomic E-state index is 5.53. The second kappa shape index (κ2) is 19.0. The summed E-state index contributed by atoms with van der Waals surface area (Å²) in [4.78, 5) is 7.71. The number of nitrogens with one attached hydrogen (secondary N) is 3. The van der Waals surface area contributed by atoms with Gasteiger partial charge in [0, 0.05) is 25.0 Å². The molecule has 0 aliphatic carbocycles. The van der Waals surface area contributed by atoms with Crippen molar-refractivity contribution in [3.05, 3.63) is 59.7 Å². The van der Waals surface area contributed by atoms with Crippen molar-refractivity contribution in [3.63, 3.8) is 0 Å². The molecule has 0 amide bonds. The number of hydrogen-bond donors (Lipinski definition) is 4. The largest absolute Gasteiger partial charge is 0.366 e. The van der Waals surface area contributed by atoms with Gasteiger partial charge in [0.2, 0.25) is 0 Å². The van der Waals surface area contributed by atoms with Gasteiger partial charge in [0.25, 0.3) is 0 Å². The molecule has 0 fully saturated rings. The van der Waals surface area contributed by atoms with Crippen LogP contribution in [0.3, 0.4) is 0 Å². The zero-order valence-electron chi connectivity index (χ0n) is 24.2. The minimum atomic E-state index is -0.0914. The van der Waals surface area contributed by atoms with Gasteiger partial charge in [-0.1, -0.05) is 50.2 Å². The Morgan fingerprint density at radius 2 is 1.45 bits per heavy atom. The van der Waals surface area contributed by atoms with E-state index in [1.165, 1.54) is 35.3 Å². The van der Waals surface area contributed by atoms with Crippen molar-refractivity contribution in [2.24, 2.45) is 16.1 Å². The van der Waals surface area contributed by atoms with E-state index in [1.807, 2.05) is 0 Å². The third-order valence-corrected chi connectivity index (χ3v) is 7.91. The summed E-state index contributed by atoms with van der Waals surface area (Å²) < 4.78 is 0. The standard InChI is InChI=1S/C30H46N6.4ClH/c1-23-22-30(2)28(36(3)27-15-7-5-12-24(23)27)25-13-4-6-14-26(25)35-29(30)34-21-11-20-33-18-9-8-17-32-19-10-16-31;;;;/h4-7,12-15,23,28,32-33H,8-11,16-22,31H2,1-3H3,(H,34,35);4*1H/t23-,28-,30-;;;;/m0..../s1. The van der Waals surface area contributed by atoms with E-state index in [1.54, 1.807) is 0 Å². The highest BCUT2D eigenvalue weighted by Gasteiger charge is 2.49. The Bertz CT molecular complexity index is 1020. The summed E-state index contributed by atoms with van der Waals surface area (Å²) in [5.74, 6) is 1.60. The minimum absolute atomic E-state index is 0. The van der Waals surface area contributed by atoms with Gasteiger partial charge < -0.3 is 26.6 Å². The van der Waals surface area contributed by atoms with Gasteiger partial charge in [0.1, 0.15) is 5.84 Å². The molecule has 0 radical (unpaired) electrons. The molecule has 10 heteroatoms. The quantitative estimate of drug-likeness (QED) is 0.198. The van der Waals surface area contributed by atoms with Crippen LogP contribution < -0.4 is 26.6 Å². The molecule has 228 valence electrons. The molecule has 4 rings (SSSR count). The number of halogens is 4. The molecule has 5 N–H and O–H groups in total. The van der Waals surface area contributed by atoms with Crippen molar-refractivity contribution >= 4 is 66.8 Å². The van der Waals surface area contributed by atoms with Crippen LogP contribution in [0.4, 0.5) is 11.4 Å². The molecule has 0 saturated heterocycles. The van der Waals surface area contributed by atoms with Gasteiger partial charge in [-0.05, 0) is 94.0 Å². The molecule has 40 heavy (non-hydrogen) atoms. The predicted octanol–water partition coefficient (Wildman–Crippen LogP) is 6.59. The van der Waals surface area contributed by atoms with Crippen LogP contribution >= 0.6 is 49.6 Å². The smallest absolute Gasteiger partial charge is 0.109 e. The lowest BCUT2D eigenvalue weighted by atomic mass is 9.69. The Kier molecular flexibility index (Phi) is 18.4. The van der Waals surface area contributed by atoms with Crippen molar-refractivity contribution < 1.29 is 0 Å². The van der Waals surface area contributed by atoms with Crippen molar-refractivity contribution in [2.45, 2.75) is 57.9 Å². The molecular weight excluding hydrogens is 586 g/mol. The van der Waals surface area contributed by atoms with E-state index in [0.29, 0.717) is 5.92 Å². The molecule has 3 atom stereocenters. The fraction of sp³-hybridized carbons (Fsp3) is 0.567. The SMILES string of the molecule is C[C@H]1C[C@]2(C)C(=NCCCNCCCCNCCCN)Nc3ccccc3[C@@H]2N(C)c2ccccc21.Cl.Cl.Cl.Cl. The lowest BCUT2D eigenvalue weighted by Gasteiger charge is -2.47. The minimum Gasteiger partial charge on any atom is -0.366 e. The average Bonchev–Trinajstić information content (AvgIpc) is 2.97. The predicted molar refractivity (Wildman–Crippen MR) is 183 cm³/mol. The van der Waals surface area contributed by atoms with E-state index in [-0.39, 0.29) is 61.1 Å². The number of hydrogen-bond acceptors (Lipinski definition) is 5. The van der Waals surface area contributed by atoms with Crippen molar-refractivity contribution in [3.8, 4) is 0 Å². The molecule has 2 aromatic rings. The molecule has 2 aliphatic rings. The van der Waals surface area contributed by atoms with Gasteiger partial charge in [0.15, 0.2) is 0 Å². The van der Waals surface area contributed by atoms with Crippen LogP contribution in [-0.4, -0.2) is 52.2 Å². The zero-order valence-corrected chi connectivity index (χ0v) is 27.4. The Morgan fingerprint density at radius 3 is 2.12 bits per heavy atom. The van der Waals surface area contributed by atoms with Crippen molar-refractivity contribution in [1.82, 2.24) is 10.6 Å². The van der Waals surface area contributed by atoms with Gasteiger partial charge in [-0.3, -0.25) is 4.99 Å². The van der Waals surface area contributed by atoms with Crippen LogP contribution in [0.1, 0.15) is 69.0 Å². The second-order valence-electron chi connectivity index (χ2n) is 10.7. The lowest BCUT2D eigenvalue weighted by molar-refractivity contribution is 0.321. The van der Waals surface area contributed by atoms with Gasteiger partial charge in [0.05, 0.1) is 11.5 Å². The van der Waals surface area contributed by atoms with Gasteiger partial charge in [-0.2, -0.15) is 0 Å². The van der Waals surface area contributed by atoms with E-state index in [0.717, 1.165) is 64.4 Å². The third kappa shape index (κ3) is 9.12. The van der Waals surface area contributed by atoms with Gasteiger partial charge in [-0.15, -0.1) is 49.6 Å². The summed E-state index contributed by atoms with van der Waals surface area (Å²) in [5.41, 5.74) is 10.8. The van der Waals surface area contributed by atoms with Crippen LogP contribution in [0.2, 0.25) is 0 Å². The Labute approximate surface area is 266 Å². The summed E-state index contributed by atoms with van der Waals surface area (Å²) in [6, 6.07) is 17.9. The summed E-state index contributed by atoms with van der Waals surface area (Å²) in [6.45, 7) is 10.6. The highest BCUT2D eigenvalue weighted by molar-refractivity contribution is 6.04. The summed E-state index contributed by atoms with van der Waals surface area (Å²) in [7, 11) is 2.26. The first-order chi connectivity index (χ1) is 17.6. The number of anilines is 2. The first-order valence-corrected chi connectivity index (χ1v) is 13.9. The number of nitrogens with two attached hydrogens (primary N) is 1. The molecule has 0 bridgehead atoms. The van der Waals surface area contributed by atoms with E-state index in [2.05, 4.69) is 90.3 Å². The maximum Gasteiger partial charge on any atom is 0.109 e. The summed E-state index contributed by atoms with van der Waals surface area (Å²) in [6.07, 6.45) is 5.58. The average molecular weight is 637 g/mol. The number of benzene rings is 2. The van der Waals surface area contributed by atoms with E-state index in [9.17, 15) is 0 Å². The molecule has 0 spiro atoms. The number of aliphatic imine (C=N–C) groups is 1. The van der Waals surface area contributed by atoms with E-state index in [4.69, 9.17) is 10.7 Å². The Morgan fingerprint density at radius 1 is 0.875 bits per heavy atom. The molecule has 6 nitrogen and oxygen atoms in total.